The summed E-state index contributed by atoms with van der Waals surface area (Å²) in [5.74, 6) is 0.949. The van der Waals surface area contributed by atoms with E-state index in [-0.39, 0.29) is 0 Å². The first-order valence-corrected chi connectivity index (χ1v) is 8.22. The van der Waals surface area contributed by atoms with Crippen LogP contribution in [0.1, 0.15) is 65.7 Å². The largest absolute Gasteiger partial charge is 0.314 e. The van der Waals surface area contributed by atoms with E-state index >= 15 is 0 Å². The number of likely N-dealkylation sites (tertiary alicyclic amines) is 1. The lowest BCUT2D eigenvalue weighted by molar-refractivity contribution is 0.269. The predicted octanol–water partition coefficient (Wildman–Crippen LogP) is 3.67. The van der Waals surface area contributed by atoms with Gasteiger partial charge >= 0.3 is 0 Å². The fraction of sp³-hybridized carbons (Fsp3) is 1.00. The smallest absolute Gasteiger partial charge is 0.00649 e. The zero-order valence-corrected chi connectivity index (χ0v) is 12.9. The van der Waals surface area contributed by atoms with Gasteiger partial charge in [0.2, 0.25) is 0 Å². The molecule has 18 heavy (non-hydrogen) atoms. The quantitative estimate of drug-likeness (QED) is 0.711. The van der Waals surface area contributed by atoms with Crippen LogP contribution in [0, 0.1) is 5.92 Å². The second-order valence-corrected chi connectivity index (χ2v) is 6.08. The lowest BCUT2D eigenvalue weighted by Crippen LogP contribution is -2.31. The van der Waals surface area contributed by atoms with E-state index in [4.69, 9.17) is 0 Å². The van der Waals surface area contributed by atoms with Gasteiger partial charge in [-0.05, 0) is 77.0 Å². The molecule has 1 aliphatic heterocycles. The Kier molecular flexibility index (Phi) is 8.70. The average Bonchev–Trinajstić information content (AvgIpc) is 2.58. The van der Waals surface area contributed by atoms with Crippen molar-refractivity contribution in [3.05, 3.63) is 0 Å². The maximum Gasteiger partial charge on any atom is 0.00649 e. The minimum atomic E-state index is 0.746. The van der Waals surface area contributed by atoms with Crippen molar-refractivity contribution < 1.29 is 0 Å². The van der Waals surface area contributed by atoms with Gasteiger partial charge in [-0.15, -0.1) is 0 Å². The molecule has 1 N–H and O–H groups in total. The third-order valence-corrected chi connectivity index (χ3v) is 4.31. The van der Waals surface area contributed by atoms with Crippen LogP contribution in [0.3, 0.4) is 0 Å². The molecule has 0 aromatic carbocycles. The van der Waals surface area contributed by atoms with Crippen molar-refractivity contribution in [1.82, 2.24) is 10.2 Å². The van der Waals surface area contributed by atoms with Gasteiger partial charge in [-0.3, -0.25) is 0 Å². The molecule has 0 bridgehead atoms. The Morgan fingerprint density at radius 3 is 2.78 bits per heavy atom. The van der Waals surface area contributed by atoms with Crippen LogP contribution in [-0.4, -0.2) is 37.1 Å². The first-order valence-electron chi connectivity index (χ1n) is 8.22. The summed E-state index contributed by atoms with van der Waals surface area (Å²) in [4.78, 5) is 2.69. The molecule has 0 aromatic heterocycles. The van der Waals surface area contributed by atoms with E-state index < -0.39 is 0 Å². The van der Waals surface area contributed by atoms with Crippen LogP contribution in [0.15, 0.2) is 0 Å². The van der Waals surface area contributed by atoms with Gasteiger partial charge in [0.15, 0.2) is 0 Å². The van der Waals surface area contributed by atoms with Gasteiger partial charge in [0.05, 0.1) is 0 Å². The number of nitrogens with zero attached hydrogens (tertiary/aromatic N) is 1. The highest BCUT2D eigenvalue weighted by Gasteiger charge is 2.13. The van der Waals surface area contributed by atoms with Gasteiger partial charge in [0, 0.05) is 6.04 Å². The Labute approximate surface area is 115 Å². The topological polar surface area (TPSA) is 15.3 Å². The van der Waals surface area contributed by atoms with E-state index in [2.05, 4.69) is 31.0 Å². The Morgan fingerprint density at radius 1 is 1.22 bits per heavy atom. The summed E-state index contributed by atoms with van der Waals surface area (Å²) in [5.41, 5.74) is 0. The number of rotatable bonds is 8. The SMILES string of the molecule is CCCNC(CC)CCCN1CCCC(C)CC1. The van der Waals surface area contributed by atoms with Crippen molar-refractivity contribution in [2.75, 3.05) is 26.2 Å². The van der Waals surface area contributed by atoms with Crippen molar-refractivity contribution in [3.63, 3.8) is 0 Å². The van der Waals surface area contributed by atoms with Crippen molar-refractivity contribution in [3.8, 4) is 0 Å². The molecule has 108 valence electrons. The van der Waals surface area contributed by atoms with Crippen LogP contribution in [0.5, 0.6) is 0 Å². The number of hydrogen-bond acceptors (Lipinski definition) is 2. The zero-order chi connectivity index (χ0) is 13.2. The maximum atomic E-state index is 3.66. The highest BCUT2D eigenvalue weighted by molar-refractivity contribution is 4.70. The highest BCUT2D eigenvalue weighted by atomic mass is 15.1. The summed E-state index contributed by atoms with van der Waals surface area (Å²) in [6.45, 7) is 12.1. The molecule has 1 fully saturated rings. The average molecular weight is 254 g/mol. The van der Waals surface area contributed by atoms with Crippen LogP contribution in [0.2, 0.25) is 0 Å². The van der Waals surface area contributed by atoms with Crippen molar-refractivity contribution in [2.45, 2.75) is 71.8 Å². The third kappa shape index (κ3) is 6.75. The molecule has 2 unspecified atom stereocenters. The van der Waals surface area contributed by atoms with Crippen molar-refractivity contribution in [2.24, 2.45) is 5.92 Å². The Hall–Kier alpha value is -0.0800. The van der Waals surface area contributed by atoms with E-state index in [1.165, 1.54) is 71.1 Å². The van der Waals surface area contributed by atoms with Crippen molar-refractivity contribution >= 4 is 0 Å². The lowest BCUT2D eigenvalue weighted by atomic mass is 10.0. The standard InChI is InChI=1S/C16H34N2/c1-4-11-17-16(5-2)9-7-13-18-12-6-8-15(3)10-14-18/h15-17H,4-14H2,1-3H3. The second kappa shape index (κ2) is 9.80. The second-order valence-electron chi connectivity index (χ2n) is 6.08. The van der Waals surface area contributed by atoms with Gasteiger partial charge in [-0.1, -0.05) is 20.8 Å². The van der Waals surface area contributed by atoms with Crippen LogP contribution in [0.25, 0.3) is 0 Å². The third-order valence-electron chi connectivity index (χ3n) is 4.31. The molecular formula is C16H34N2. The van der Waals surface area contributed by atoms with Gasteiger partial charge in [-0.25, -0.2) is 0 Å². The molecule has 1 rings (SSSR count). The zero-order valence-electron chi connectivity index (χ0n) is 12.9. The van der Waals surface area contributed by atoms with Gasteiger partial charge in [0.25, 0.3) is 0 Å². The lowest BCUT2D eigenvalue weighted by Gasteiger charge is -2.22. The summed E-state index contributed by atoms with van der Waals surface area (Å²) in [5, 5.41) is 3.66. The Balaban J connectivity index is 2.11. The predicted molar refractivity (Wildman–Crippen MR) is 81.1 cm³/mol. The van der Waals surface area contributed by atoms with E-state index in [1.54, 1.807) is 0 Å². The minimum Gasteiger partial charge on any atom is -0.314 e. The first-order chi connectivity index (χ1) is 8.76. The van der Waals surface area contributed by atoms with E-state index in [0.717, 1.165) is 12.0 Å². The summed E-state index contributed by atoms with van der Waals surface area (Å²) in [6, 6.07) is 0.746. The Bertz CT molecular complexity index is 194. The van der Waals surface area contributed by atoms with Gasteiger partial charge in [0.1, 0.15) is 0 Å². The summed E-state index contributed by atoms with van der Waals surface area (Å²) in [7, 11) is 0. The summed E-state index contributed by atoms with van der Waals surface area (Å²) < 4.78 is 0. The molecule has 2 nitrogen and oxygen atoms in total. The fourth-order valence-electron chi connectivity index (χ4n) is 2.91. The van der Waals surface area contributed by atoms with E-state index in [0.29, 0.717) is 0 Å². The molecule has 0 aliphatic carbocycles. The van der Waals surface area contributed by atoms with Crippen LogP contribution < -0.4 is 5.32 Å². The molecule has 0 spiro atoms. The molecule has 0 radical (unpaired) electrons. The van der Waals surface area contributed by atoms with Crippen LogP contribution >= 0.6 is 0 Å². The fourth-order valence-corrected chi connectivity index (χ4v) is 2.91. The molecule has 0 aromatic rings. The first kappa shape index (κ1) is 16.0. The van der Waals surface area contributed by atoms with Crippen LogP contribution in [-0.2, 0) is 0 Å². The number of hydrogen-bond donors (Lipinski definition) is 1. The molecule has 1 saturated heterocycles. The van der Waals surface area contributed by atoms with E-state index in [9.17, 15) is 0 Å². The summed E-state index contributed by atoms with van der Waals surface area (Å²) in [6.07, 6.45) is 9.49. The normalized spacial score (nSPS) is 23.8. The van der Waals surface area contributed by atoms with Crippen molar-refractivity contribution in [1.29, 1.82) is 0 Å². The number of nitrogens with one attached hydrogen (secondary N) is 1. The highest BCUT2D eigenvalue weighted by Crippen LogP contribution is 2.16. The summed E-state index contributed by atoms with van der Waals surface area (Å²) >= 11 is 0. The molecular weight excluding hydrogens is 220 g/mol. The minimum absolute atomic E-state index is 0.746. The van der Waals surface area contributed by atoms with Gasteiger partial charge < -0.3 is 10.2 Å². The molecule has 0 saturated carbocycles. The molecule has 1 aliphatic rings. The maximum absolute atomic E-state index is 3.66. The van der Waals surface area contributed by atoms with Crippen LogP contribution in [0.4, 0.5) is 0 Å². The molecule has 2 atom stereocenters. The monoisotopic (exact) mass is 254 g/mol. The molecule has 0 amide bonds. The molecule has 1 heterocycles. The Morgan fingerprint density at radius 2 is 2.06 bits per heavy atom. The van der Waals surface area contributed by atoms with E-state index in [1.807, 2.05) is 0 Å². The molecule has 2 heteroatoms. The van der Waals surface area contributed by atoms with Gasteiger partial charge in [-0.2, -0.15) is 0 Å².